The van der Waals surface area contributed by atoms with E-state index < -0.39 is 0 Å². The standard InChI is InChI=1S/C16H28N2O3/c1-11(13-3-4-13)15(20)17-7-8-18(9-10-19)16(21)12(2)14-5-6-14/h11-14,19H,3-10H2,1-2H3,(H,17,20)/t11-,12+/m1/s1. The molecule has 2 N–H and O–H groups in total. The molecule has 2 aliphatic rings. The Bertz CT molecular complexity index is 378. The minimum atomic E-state index is -0.0322. The van der Waals surface area contributed by atoms with Crippen LogP contribution in [0.25, 0.3) is 0 Å². The summed E-state index contributed by atoms with van der Waals surface area (Å²) in [6, 6.07) is 0. The number of carbonyl (C=O) groups excluding carboxylic acids is 2. The lowest BCUT2D eigenvalue weighted by Crippen LogP contribution is -2.43. The smallest absolute Gasteiger partial charge is 0.225 e. The van der Waals surface area contributed by atoms with Crippen molar-refractivity contribution >= 4 is 11.8 Å². The molecule has 0 heterocycles. The van der Waals surface area contributed by atoms with Gasteiger partial charge in [0, 0.05) is 31.5 Å². The van der Waals surface area contributed by atoms with Gasteiger partial charge in [-0.1, -0.05) is 13.8 Å². The Labute approximate surface area is 127 Å². The minimum absolute atomic E-state index is 0.0322. The number of nitrogens with one attached hydrogen (secondary N) is 1. The van der Waals surface area contributed by atoms with Crippen molar-refractivity contribution < 1.29 is 14.7 Å². The van der Waals surface area contributed by atoms with Crippen LogP contribution < -0.4 is 5.32 Å². The van der Waals surface area contributed by atoms with Crippen LogP contribution in [0.2, 0.25) is 0 Å². The second-order valence-corrected chi connectivity index (χ2v) is 6.59. The van der Waals surface area contributed by atoms with E-state index in [4.69, 9.17) is 5.11 Å². The molecule has 120 valence electrons. The number of aliphatic hydroxyl groups excluding tert-OH is 1. The molecule has 0 aromatic heterocycles. The fourth-order valence-electron chi connectivity index (χ4n) is 2.82. The van der Waals surface area contributed by atoms with Crippen LogP contribution >= 0.6 is 0 Å². The van der Waals surface area contributed by atoms with Gasteiger partial charge in [0.25, 0.3) is 0 Å². The summed E-state index contributed by atoms with van der Waals surface area (Å²) >= 11 is 0. The highest BCUT2D eigenvalue weighted by atomic mass is 16.3. The summed E-state index contributed by atoms with van der Waals surface area (Å²) in [7, 11) is 0. The maximum Gasteiger partial charge on any atom is 0.225 e. The third kappa shape index (κ3) is 4.70. The van der Waals surface area contributed by atoms with E-state index in [2.05, 4.69) is 5.32 Å². The fourth-order valence-corrected chi connectivity index (χ4v) is 2.82. The van der Waals surface area contributed by atoms with Crippen LogP contribution in [0.1, 0.15) is 39.5 Å². The number of carbonyl (C=O) groups is 2. The molecule has 5 heteroatoms. The number of hydrogen-bond donors (Lipinski definition) is 2. The Morgan fingerprint density at radius 2 is 1.67 bits per heavy atom. The van der Waals surface area contributed by atoms with E-state index in [-0.39, 0.29) is 30.3 Å². The predicted octanol–water partition coefficient (Wildman–Crippen LogP) is 1.02. The summed E-state index contributed by atoms with van der Waals surface area (Å²) in [6.07, 6.45) is 4.58. The van der Waals surface area contributed by atoms with E-state index in [9.17, 15) is 9.59 Å². The molecule has 0 aliphatic heterocycles. The summed E-state index contributed by atoms with van der Waals surface area (Å²) in [4.78, 5) is 26.0. The average molecular weight is 296 g/mol. The molecular weight excluding hydrogens is 268 g/mol. The monoisotopic (exact) mass is 296 g/mol. The number of aliphatic hydroxyl groups is 1. The molecule has 0 unspecified atom stereocenters. The van der Waals surface area contributed by atoms with Crippen LogP contribution in [0.3, 0.4) is 0 Å². The Kier molecular flexibility index (Phi) is 5.62. The van der Waals surface area contributed by atoms with Gasteiger partial charge in [-0.05, 0) is 37.5 Å². The first-order valence-corrected chi connectivity index (χ1v) is 8.22. The van der Waals surface area contributed by atoms with E-state index in [1.54, 1.807) is 4.90 Å². The Morgan fingerprint density at radius 3 is 2.19 bits per heavy atom. The van der Waals surface area contributed by atoms with Gasteiger partial charge in [0.2, 0.25) is 11.8 Å². The van der Waals surface area contributed by atoms with Crippen molar-refractivity contribution in [2.24, 2.45) is 23.7 Å². The molecule has 0 aromatic carbocycles. The van der Waals surface area contributed by atoms with Crippen molar-refractivity contribution in [1.29, 1.82) is 0 Å². The van der Waals surface area contributed by atoms with Gasteiger partial charge in [-0.2, -0.15) is 0 Å². The van der Waals surface area contributed by atoms with Crippen LogP contribution in [0.4, 0.5) is 0 Å². The summed E-state index contributed by atoms with van der Waals surface area (Å²) in [5.41, 5.74) is 0. The number of nitrogens with zero attached hydrogens (tertiary/aromatic N) is 1. The van der Waals surface area contributed by atoms with Crippen molar-refractivity contribution in [2.45, 2.75) is 39.5 Å². The normalized spacial score (nSPS) is 20.7. The maximum absolute atomic E-state index is 12.3. The quantitative estimate of drug-likeness (QED) is 0.667. The molecule has 0 spiro atoms. The first-order chi connectivity index (χ1) is 10.0. The van der Waals surface area contributed by atoms with Gasteiger partial charge in [0.1, 0.15) is 0 Å². The van der Waals surface area contributed by atoms with E-state index in [0.717, 1.165) is 25.7 Å². The summed E-state index contributed by atoms with van der Waals surface area (Å²) in [6.45, 7) is 5.22. The first kappa shape index (κ1) is 16.3. The molecule has 2 amide bonds. The van der Waals surface area contributed by atoms with Crippen LogP contribution in [-0.4, -0.2) is 48.1 Å². The van der Waals surface area contributed by atoms with Gasteiger partial charge in [0.05, 0.1) is 6.61 Å². The van der Waals surface area contributed by atoms with Crippen LogP contribution in [0.5, 0.6) is 0 Å². The zero-order valence-corrected chi connectivity index (χ0v) is 13.2. The van der Waals surface area contributed by atoms with Crippen LogP contribution in [0.15, 0.2) is 0 Å². The molecule has 2 fully saturated rings. The molecule has 2 aliphatic carbocycles. The molecule has 0 radical (unpaired) electrons. The molecule has 2 saturated carbocycles. The second kappa shape index (κ2) is 7.25. The third-order valence-electron chi connectivity index (χ3n) is 4.82. The molecule has 5 nitrogen and oxygen atoms in total. The van der Waals surface area contributed by atoms with Gasteiger partial charge >= 0.3 is 0 Å². The largest absolute Gasteiger partial charge is 0.395 e. The highest BCUT2D eigenvalue weighted by molar-refractivity contribution is 5.80. The number of rotatable bonds is 9. The molecule has 0 aromatic rings. The van der Waals surface area contributed by atoms with Crippen molar-refractivity contribution in [1.82, 2.24) is 10.2 Å². The summed E-state index contributed by atoms with van der Waals surface area (Å²) in [5.74, 6) is 1.38. The van der Waals surface area contributed by atoms with Crippen molar-refractivity contribution in [3.63, 3.8) is 0 Å². The topological polar surface area (TPSA) is 69.6 Å². The number of amides is 2. The number of hydrogen-bond acceptors (Lipinski definition) is 3. The van der Waals surface area contributed by atoms with E-state index in [1.165, 1.54) is 0 Å². The Morgan fingerprint density at radius 1 is 1.10 bits per heavy atom. The lowest BCUT2D eigenvalue weighted by atomic mass is 10.0. The summed E-state index contributed by atoms with van der Waals surface area (Å²) < 4.78 is 0. The molecule has 2 atom stereocenters. The minimum Gasteiger partial charge on any atom is -0.395 e. The molecular formula is C16H28N2O3. The van der Waals surface area contributed by atoms with E-state index in [1.807, 2.05) is 13.8 Å². The average Bonchev–Trinajstić information content (AvgIpc) is 3.34. The SMILES string of the molecule is C[C@H](C(=O)N(CCO)CCNC(=O)[C@H](C)C1CC1)C1CC1. The maximum atomic E-state index is 12.3. The Balaban J connectivity index is 1.73. The molecule has 21 heavy (non-hydrogen) atoms. The van der Waals surface area contributed by atoms with Gasteiger partial charge in [-0.25, -0.2) is 0 Å². The molecule has 0 saturated heterocycles. The van der Waals surface area contributed by atoms with Crippen molar-refractivity contribution in [3.05, 3.63) is 0 Å². The highest BCUT2D eigenvalue weighted by Gasteiger charge is 2.35. The fraction of sp³-hybridized carbons (Fsp3) is 0.875. The van der Waals surface area contributed by atoms with Gasteiger partial charge in [-0.15, -0.1) is 0 Å². The van der Waals surface area contributed by atoms with Crippen molar-refractivity contribution in [3.8, 4) is 0 Å². The summed E-state index contributed by atoms with van der Waals surface area (Å²) in [5, 5.41) is 12.0. The predicted molar refractivity (Wildman–Crippen MR) is 80.5 cm³/mol. The highest BCUT2D eigenvalue weighted by Crippen LogP contribution is 2.37. The third-order valence-corrected chi connectivity index (χ3v) is 4.82. The zero-order chi connectivity index (χ0) is 15.4. The second-order valence-electron chi connectivity index (χ2n) is 6.59. The first-order valence-electron chi connectivity index (χ1n) is 8.22. The Hall–Kier alpha value is -1.10. The van der Waals surface area contributed by atoms with Gasteiger partial charge in [-0.3, -0.25) is 9.59 Å². The van der Waals surface area contributed by atoms with Crippen LogP contribution in [-0.2, 0) is 9.59 Å². The lowest BCUT2D eigenvalue weighted by Gasteiger charge is -2.25. The molecule has 2 rings (SSSR count). The van der Waals surface area contributed by atoms with Gasteiger partial charge in [0.15, 0.2) is 0 Å². The van der Waals surface area contributed by atoms with Gasteiger partial charge < -0.3 is 15.3 Å². The van der Waals surface area contributed by atoms with Crippen molar-refractivity contribution in [2.75, 3.05) is 26.2 Å². The van der Waals surface area contributed by atoms with E-state index >= 15 is 0 Å². The molecule has 0 bridgehead atoms. The van der Waals surface area contributed by atoms with Crippen LogP contribution in [0, 0.1) is 23.7 Å². The van der Waals surface area contributed by atoms with E-state index in [0.29, 0.717) is 31.5 Å². The zero-order valence-electron chi connectivity index (χ0n) is 13.2. The lowest BCUT2D eigenvalue weighted by molar-refractivity contribution is -0.136.